The Labute approximate surface area is 175 Å². The van der Waals surface area contributed by atoms with Crippen molar-refractivity contribution in [3.05, 3.63) is 52.3 Å². The molecule has 1 aliphatic carbocycles. The van der Waals surface area contributed by atoms with Crippen LogP contribution in [0.4, 0.5) is 0 Å². The summed E-state index contributed by atoms with van der Waals surface area (Å²) < 4.78 is 6.07. The number of guanidine groups is 1. The molecular formula is C21H28BrN5O. The first-order valence-electron chi connectivity index (χ1n) is 10.0. The fourth-order valence-electron chi connectivity index (χ4n) is 4.22. The monoisotopic (exact) mass is 445 g/mol. The highest BCUT2D eigenvalue weighted by Gasteiger charge is 2.39. The minimum absolute atomic E-state index is 0.241. The molecule has 150 valence electrons. The summed E-state index contributed by atoms with van der Waals surface area (Å²) in [5.41, 5.74) is 2.67. The van der Waals surface area contributed by atoms with Crippen LogP contribution in [0, 0.1) is 0 Å². The standard InChI is InChI=1S/C21H28BrN5O/c1-23-20(27-12-10-26(11-13-27)15-19-7-14-28-25-19)24-16-21(8-2-9-21)17-3-5-18(22)6-4-17/h3-7,14H,2,8-13,15-16H2,1H3,(H,23,24). The number of halogens is 1. The molecular weight excluding hydrogens is 418 g/mol. The van der Waals surface area contributed by atoms with Crippen molar-refractivity contribution in [3.8, 4) is 0 Å². The van der Waals surface area contributed by atoms with Gasteiger partial charge in [-0.15, -0.1) is 0 Å². The molecule has 2 heterocycles. The first kappa shape index (κ1) is 19.5. The summed E-state index contributed by atoms with van der Waals surface area (Å²) in [6.45, 7) is 5.76. The summed E-state index contributed by atoms with van der Waals surface area (Å²) in [4.78, 5) is 9.34. The van der Waals surface area contributed by atoms with E-state index < -0.39 is 0 Å². The van der Waals surface area contributed by atoms with E-state index in [4.69, 9.17) is 4.52 Å². The molecule has 1 aromatic heterocycles. The quantitative estimate of drug-likeness (QED) is 0.565. The van der Waals surface area contributed by atoms with Gasteiger partial charge < -0.3 is 14.7 Å². The van der Waals surface area contributed by atoms with Crippen LogP contribution in [-0.4, -0.2) is 60.7 Å². The van der Waals surface area contributed by atoms with E-state index in [0.29, 0.717) is 0 Å². The van der Waals surface area contributed by atoms with Gasteiger partial charge in [0.1, 0.15) is 6.26 Å². The van der Waals surface area contributed by atoms with Gasteiger partial charge in [-0.05, 0) is 30.5 Å². The second-order valence-corrected chi connectivity index (χ2v) is 8.71. The third-order valence-electron chi connectivity index (χ3n) is 6.11. The molecule has 4 rings (SSSR count). The molecule has 2 aromatic rings. The number of nitrogens with zero attached hydrogens (tertiary/aromatic N) is 4. The Hall–Kier alpha value is -1.86. The maximum atomic E-state index is 4.94. The Morgan fingerprint density at radius 3 is 2.50 bits per heavy atom. The number of nitrogens with one attached hydrogen (secondary N) is 1. The molecule has 2 fully saturated rings. The van der Waals surface area contributed by atoms with Gasteiger partial charge in [0, 0.05) is 62.3 Å². The molecule has 0 spiro atoms. The fourth-order valence-corrected chi connectivity index (χ4v) is 4.49. The number of aromatic nitrogens is 1. The summed E-state index contributed by atoms with van der Waals surface area (Å²) in [5, 5.41) is 7.69. The summed E-state index contributed by atoms with van der Waals surface area (Å²) in [6, 6.07) is 10.8. The van der Waals surface area contributed by atoms with Crippen molar-refractivity contribution in [1.29, 1.82) is 0 Å². The summed E-state index contributed by atoms with van der Waals surface area (Å²) in [6.07, 6.45) is 5.42. The van der Waals surface area contributed by atoms with Gasteiger partial charge in [-0.25, -0.2) is 0 Å². The van der Waals surface area contributed by atoms with E-state index >= 15 is 0 Å². The molecule has 0 radical (unpaired) electrons. The highest BCUT2D eigenvalue weighted by Crippen LogP contribution is 2.43. The molecule has 2 aliphatic rings. The molecule has 1 aliphatic heterocycles. The van der Waals surface area contributed by atoms with Crippen molar-refractivity contribution in [3.63, 3.8) is 0 Å². The van der Waals surface area contributed by atoms with Gasteiger partial charge in [0.2, 0.25) is 0 Å². The van der Waals surface area contributed by atoms with Crippen molar-refractivity contribution < 1.29 is 4.52 Å². The highest BCUT2D eigenvalue weighted by atomic mass is 79.9. The van der Waals surface area contributed by atoms with Crippen molar-refractivity contribution >= 4 is 21.9 Å². The molecule has 0 atom stereocenters. The molecule has 6 nitrogen and oxygen atoms in total. The first-order valence-corrected chi connectivity index (χ1v) is 10.8. The van der Waals surface area contributed by atoms with Crippen LogP contribution in [0.1, 0.15) is 30.5 Å². The predicted molar refractivity (Wildman–Crippen MR) is 114 cm³/mol. The smallest absolute Gasteiger partial charge is 0.193 e. The normalized spacial score (nSPS) is 20.1. The van der Waals surface area contributed by atoms with Gasteiger partial charge >= 0.3 is 0 Å². The van der Waals surface area contributed by atoms with Crippen LogP contribution >= 0.6 is 15.9 Å². The van der Waals surface area contributed by atoms with Crippen LogP contribution in [0.25, 0.3) is 0 Å². The lowest BCUT2D eigenvalue weighted by molar-refractivity contribution is 0.167. The van der Waals surface area contributed by atoms with Gasteiger partial charge in [-0.1, -0.05) is 39.6 Å². The van der Waals surface area contributed by atoms with E-state index in [1.165, 1.54) is 24.8 Å². The number of hydrogen-bond donors (Lipinski definition) is 1. The maximum absolute atomic E-state index is 4.94. The second kappa shape index (κ2) is 8.66. The zero-order chi connectivity index (χ0) is 19.4. The van der Waals surface area contributed by atoms with Crippen LogP contribution in [0.3, 0.4) is 0 Å². The minimum Gasteiger partial charge on any atom is -0.364 e. The summed E-state index contributed by atoms with van der Waals surface area (Å²) >= 11 is 3.55. The lowest BCUT2D eigenvalue weighted by Crippen LogP contribution is -2.55. The van der Waals surface area contributed by atoms with E-state index in [-0.39, 0.29) is 5.41 Å². The van der Waals surface area contributed by atoms with Gasteiger partial charge in [0.15, 0.2) is 5.96 Å². The molecule has 1 saturated carbocycles. The van der Waals surface area contributed by atoms with Crippen molar-refractivity contribution in [1.82, 2.24) is 20.3 Å². The van der Waals surface area contributed by atoms with E-state index in [1.807, 2.05) is 13.1 Å². The molecule has 0 bridgehead atoms. The van der Waals surface area contributed by atoms with E-state index in [1.54, 1.807) is 6.26 Å². The predicted octanol–water partition coefficient (Wildman–Crippen LogP) is 3.25. The van der Waals surface area contributed by atoms with Gasteiger partial charge in [0.25, 0.3) is 0 Å². The number of hydrogen-bond acceptors (Lipinski definition) is 4. The zero-order valence-electron chi connectivity index (χ0n) is 16.4. The molecule has 28 heavy (non-hydrogen) atoms. The number of aliphatic imine (C=N–C) groups is 1. The highest BCUT2D eigenvalue weighted by molar-refractivity contribution is 9.10. The Balaban J connectivity index is 1.32. The molecule has 0 unspecified atom stereocenters. The third-order valence-corrected chi connectivity index (χ3v) is 6.64. The number of rotatable bonds is 5. The lowest BCUT2D eigenvalue weighted by atomic mass is 9.64. The van der Waals surface area contributed by atoms with Gasteiger partial charge in [-0.2, -0.15) is 0 Å². The average molecular weight is 446 g/mol. The fraction of sp³-hybridized carbons (Fsp3) is 0.524. The summed E-state index contributed by atoms with van der Waals surface area (Å²) in [7, 11) is 1.89. The molecule has 1 N–H and O–H groups in total. The van der Waals surface area contributed by atoms with Gasteiger partial charge in [-0.3, -0.25) is 9.89 Å². The van der Waals surface area contributed by atoms with Crippen molar-refractivity contribution in [2.75, 3.05) is 39.8 Å². The zero-order valence-corrected chi connectivity index (χ0v) is 18.0. The topological polar surface area (TPSA) is 56.9 Å². The number of benzene rings is 1. The summed E-state index contributed by atoms with van der Waals surface area (Å²) in [5.74, 6) is 1.02. The molecule has 1 saturated heterocycles. The average Bonchev–Trinajstić information content (AvgIpc) is 3.19. The minimum atomic E-state index is 0.241. The molecule has 7 heteroatoms. The van der Waals surface area contributed by atoms with Gasteiger partial charge in [0.05, 0.1) is 5.69 Å². The SMILES string of the molecule is CN=C(NCC1(c2ccc(Br)cc2)CCC1)N1CCN(Cc2ccon2)CC1. The van der Waals surface area contributed by atoms with Crippen LogP contribution in [-0.2, 0) is 12.0 Å². The lowest BCUT2D eigenvalue weighted by Gasteiger charge is -2.44. The van der Waals surface area contributed by atoms with Crippen LogP contribution in [0.15, 0.2) is 50.6 Å². The van der Waals surface area contributed by atoms with E-state index in [9.17, 15) is 0 Å². The maximum Gasteiger partial charge on any atom is 0.193 e. The molecule has 1 aromatic carbocycles. The third kappa shape index (κ3) is 4.25. The first-order chi connectivity index (χ1) is 13.7. The second-order valence-electron chi connectivity index (χ2n) is 7.80. The largest absolute Gasteiger partial charge is 0.364 e. The van der Waals surface area contributed by atoms with E-state index in [0.717, 1.165) is 55.4 Å². The van der Waals surface area contributed by atoms with Crippen LogP contribution < -0.4 is 5.32 Å². The Morgan fingerprint density at radius 1 is 1.18 bits per heavy atom. The Morgan fingerprint density at radius 2 is 1.93 bits per heavy atom. The van der Waals surface area contributed by atoms with E-state index in [2.05, 4.69) is 65.5 Å². The Kier molecular flexibility index (Phi) is 6.01. The van der Waals surface area contributed by atoms with Crippen LogP contribution in [0.5, 0.6) is 0 Å². The van der Waals surface area contributed by atoms with Crippen LogP contribution in [0.2, 0.25) is 0 Å². The Bertz CT molecular complexity index is 778. The molecule has 0 amide bonds. The van der Waals surface area contributed by atoms with Crippen molar-refractivity contribution in [2.24, 2.45) is 4.99 Å². The number of piperazine rings is 1. The van der Waals surface area contributed by atoms with Crippen molar-refractivity contribution in [2.45, 2.75) is 31.2 Å².